The Morgan fingerprint density at radius 3 is 2.88 bits per heavy atom. The van der Waals surface area contributed by atoms with Crippen LogP contribution < -0.4 is 9.47 Å². The van der Waals surface area contributed by atoms with Crippen LogP contribution in [0, 0.1) is 0 Å². The standard InChI is InChI=1S/C17H21BN2O4/c1-3-4-23-16-6-15(20-10-17(16)22-2)13-5-12(8-19-9-13)14-7-18(21)24-11-14/h5-6,8-10,14,21H,3-4,7,11H2,1-2H3. The van der Waals surface area contributed by atoms with Crippen LogP contribution in [-0.4, -0.2) is 42.4 Å². The second-order valence-corrected chi connectivity index (χ2v) is 5.80. The molecule has 24 heavy (non-hydrogen) atoms. The quantitative estimate of drug-likeness (QED) is 0.822. The molecule has 1 fully saturated rings. The summed E-state index contributed by atoms with van der Waals surface area (Å²) >= 11 is 0. The van der Waals surface area contributed by atoms with Crippen molar-refractivity contribution >= 4 is 7.12 Å². The van der Waals surface area contributed by atoms with Crippen molar-refractivity contribution in [3.63, 3.8) is 0 Å². The maximum atomic E-state index is 9.54. The highest BCUT2D eigenvalue weighted by Crippen LogP contribution is 2.33. The average Bonchev–Trinajstić information content (AvgIpc) is 3.06. The summed E-state index contributed by atoms with van der Waals surface area (Å²) in [5.41, 5.74) is 2.71. The number of nitrogens with zero attached hydrogens (tertiary/aromatic N) is 2. The van der Waals surface area contributed by atoms with Crippen molar-refractivity contribution in [2.45, 2.75) is 25.6 Å². The highest BCUT2D eigenvalue weighted by molar-refractivity contribution is 6.43. The first kappa shape index (κ1) is 16.7. The van der Waals surface area contributed by atoms with Crippen LogP contribution in [0.25, 0.3) is 11.3 Å². The van der Waals surface area contributed by atoms with E-state index in [2.05, 4.69) is 16.9 Å². The summed E-state index contributed by atoms with van der Waals surface area (Å²) in [6.45, 7) is 3.18. The van der Waals surface area contributed by atoms with Gasteiger partial charge in [0, 0.05) is 36.5 Å². The van der Waals surface area contributed by atoms with E-state index < -0.39 is 7.12 Å². The molecule has 1 atom stereocenters. The van der Waals surface area contributed by atoms with Gasteiger partial charge in [-0.05, 0) is 24.4 Å². The third kappa shape index (κ3) is 3.68. The van der Waals surface area contributed by atoms with Gasteiger partial charge in [0.05, 0.1) is 25.6 Å². The molecule has 1 N–H and O–H groups in total. The smallest absolute Gasteiger partial charge is 0.454 e. The van der Waals surface area contributed by atoms with Crippen molar-refractivity contribution in [2.24, 2.45) is 0 Å². The molecule has 3 heterocycles. The zero-order chi connectivity index (χ0) is 16.9. The van der Waals surface area contributed by atoms with E-state index in [0.29, 0.717) is 31.0 Å². The molecule has 0 aromatic carbocycles. The molecule has 126 valence electrons. The second-order valence-electron chi connectivity index (χ2n) is 5.80. The van der Waals surface area contributed by atoms with Crippen LogP contribution in [0.4, 0.5) is 0 Å². The number of methoxy groups -OCH3 is 1. The number of hydrogen-bond acceptors (Lipinski definition) is 6. The van der Waals surface area contributed by atoms with E-state index in [1.54, 1.807) is 19.5 Å². The molecule has 2 aromatic rings. The minimum Gasteiger partial charge on any atom is -0.491 e. The van der Waals surface area contributed by atoms with E-state index in [4.69, 9.17) is 14.1 Å². The fraction of sp³-hybridized carbons (Fsp3) is 0.412. The molecule has 3 rings (SSSR count). The Labute approximate surface area is 142 Å². The number of hydrogen-bond donors (Lipinski definition) is 1. The topological polar surface area (TPSA) is 73.7 Å². The Kier molecular flexibility index (Phi) is 5.32. The van der Waals surface area contributed by atoms with E-state index in [0.717, 1.165) is 23.2 Å². The van der Waals surface area contributed by atoms with Gasteiger partial charge in [-0.15, -0.1) is 0 Å². The summed E-state index contributed by atoms with van der Waals surface area (Å²) < 4.78 is 16.3. The molecule has 1 aliphatic rings. The van der Waals surface area contributed by atoms with Crippen molar-refractivity contribution in [1.82, 2.24) is 9.97 Å². The third-order valence-corrected chi connectivity index (χ3v) is 4.02. The lowest BCUT2D eigenvalue weighted by Gasteiger charge is -2.12. The van der Waals surface area contributed by atoms with Crippen molar-refractivity contribution in [3.8, 4) is 22.8 Å². The van der Waals surface area contributed by atoms with Crippen LogP contribution in [0.1, 0.15) is 24.8 Å². The predicted octanol–water partition coefficient (Wildman–Crippen LogP) is 2.54. The highest BCUT2D eigenvalue weighted by atomic mass is 16.5. The molecule has 0 saturated carbocycles. The van der Waals surface area contributed by atoms with Gasteiger partial charge >= 0.3 is 7.12 Å². The minimum absolute atomic E-state index is 0.154. The number of aromatic nitrogens is 2. The van der Waals surface area contributed by atoms with Gasteiger partial charge in [-0.2, -0.15) is 0 Å². The molecule has 1 aliphatic heterocycles. The zero-order valence-corrected chi connectivity index (χ0v) is 13.9. The van der Waals surface area contributed by atoms with Crippen LogP contribution in [0.5, 0.6) is 11.5 Å². The summed E-state index contributed by atoms with van der Waals surface area (Å²) in [4.78, 5) is 8.76. The summed E-state index contributed by atoms with van der Waals surface area (Å²) in [5, 5.41) is 9.54. The van der Waals surface area contributed by atoms with Gasteiger partial charge in [-0.1, -0.05) is 6.92 Å². The number of pyridine rings is 2. The normalized spacial score (nSPS) is 17.1. The molecule has 1 saturated heterocycles. The largest absolute Gasteiger partial charge is 0.491 e. The Morgan fingerprint density at radius 2 is 2.17 bits per heavy atom. The molecule has 7 heteroatoms. The Morgan fingerprint density at radius 1 is 1.29 bits per heavy atom. The fourth-order valence-electron chi connectivity index (χ4n) is 2.72. The molecule has 2 aromatic heterocycles. The summed E-state index contributed by atoms with van der Waals surface area (Å²) in [6.07, 6.45) is 6.76. The van der Waals surface area contributed by atoms with Crippen molar-refractivity contribution in [3.05, 3.63) is 36.3 Å². The molecule has 0 aliphatic carbocycles. The van der Waals surface area contributed by atoms with Gasteiger partial charge in [0.25, 0.3) is 0 Å². The lowest BCUT2D eigenvalue weighted by Crippen LogP contribution is -2.07. The first-order valence-corrected chi connectivity index (χ1v) is 8.13. The van der Waals surface area contributed by atoms with Gasteiger partial charge in [0.15, 0.2) is 11.5 Å². The highest BCUT2D eigenvalue weighted by Gasteiger charge is 2.30. The van der Waals surface area contributed by atoms with Gasteiger partial charge in [-0.25, -0.2) is 0 Å². The van der Waals surface area contributed by atoms with Crippen LogP contribution in [-0.2, 0) is 4.65 Å². The maximum Gasteiger partial charge on any atom is 0.454 e. The van der Waals surface area contributed by atoms with Crippen molar-refractivity contribution in [1.29, 1.82) is 0 Å². The van der Waals surface area contributed by atoms with Crippen LogP contribution in [0.3, 0.4) is 0 Å². The van der Waals surface area contributed by atoms with Crippen molar-refractivity contribution < 1.29 is 19.2 Å². The molecule has 0 spiro atoms. The summed E-state index contributed by atoms with van der Waals surface area (Å²) in [7, 11) is 0.912. The lowest BCUT2D eigenvalue weighted by atomic mass is 9.80. The molecular weight excluding hydrogens is 307 g/mol. The molecular formula is C17H21BN2O4. The molecule has 0 amide bonds. The Balaban J connectivity index is 1.88. The lowest BCUT2D eigenvalue weighted by molar-refractivity contribution is 0.292. The fourth-order valence-corrected chi connectivity index (χ4v) is 2.72. The van der Waals surface area contributed by atoms with Gasteiger partial charge in [-0.3, -0.25) is 9.97 Å². The van der Waals surface area contributed by atoms with E-state index in [-0.39, 0.29) is 5.92 Å². The summed E-state index contributed by atoms with van der Waals surface area (Å²) in [6, 6.07) is 3.91. The first-order valence-electron chi connectivity index (χ1n) is 8.13. The van der Waals surface area contributed by atoms with Crippen LogP contribution >= 0.6 is 0 Å². The average molecular weight is 328 g/mol. The van der Waals surface area contributed by atoms with E-state index in [1.165, 1.54) is 0 Å². The van der Waals surface area contributed by atoms with Gasteiger partial charge < -0.3 is 19.2 Å². The Hall–Kier alpha value is -2.12. The van der Waals surface area contributed by atoms with Gasteiger partial charge in [0.1, 0.15) is 0 Å². The van der Waals surface area contributed by atoms with E-state index in [9.17, 15) is 5.02 Å². The minimum atomic E-state index is -0.688. The third-order valence-electron chi connectivity index (χ3n) is 4.02. The SMILES string of the molecule is CCCOc1cc(-c2cncc(C3COB(O)C3)c2)ncc1OC. The maximum absolute atomic E-state index is 9.54. The molecule has 1 unspecified atom stereocenters. The molecule has 0 bridgehead atoms. The van der Waals surface area contributed by atoms with E-state index in [1.807, 2.05) is 18.3 Å². The van der Waals surface area contributed by atoms with Crippen LogP contribution in [0.15, 0.2) is 30.7 Å². The molecule has 6 nitrogen and oxygen atoms in total. The Bertz CT molecular complexity index is 698. The second kappa shape index (κ2) is 7.64. The monoisotopic (exact) mass is 328 g/mol. The zero-order valence-electron chi connectivity index (χ0n) is 13.9. The number of rotatable bonds is 6. The van der Waals surface area contributed by atoms with Crippen molar-refractivity contribution in [2.75, 3.05) is 20.3 Å². The predicted molar refractivity (Wildman–Crippen MR) is 91.3 cm³/mol. The summed E-state index contributed by atoms with van der Waals surface area (Å²) in [5.74, 6) is 1.44. The van der Waals surface area contributed by atoms with Crippen LogP contribution in [0.2, 0.25) is 6.32 Å². The number of ether oxygens (including phenoxy) is 2. The first-order chi connectivity index (χ1) is 11.7. The molecule has 0 radical (unpaired) electrons. The van der Waals surface area contributed by atoms with E-state index >= 15 is 0 Å². The van der Waals surface area contributed by atoms with Gasteiger partial charge in [0.2, 0.25) is 0 Å².